The van der Waals surface area contributed by atoms with Gasteiger partial charge in [-0.25, -0.2) is 9.36 Å². The molecule has 0 bridgehead atoms. The van der Waals surface area contributed by atoms with Gasteiger partial charge in [-0.1, -0.05) is 13.0 Å². The Bertz CT molecular complexity index is 1260. The smallest absolute Gasteiger partial charge is 0.333 e. The molecule has 1 aliphatic rings. The number of imidazole rings is 1. The first-order valence-corrected chi connectivity index (χ1v) is 9.84. The van der Waals surface area contributed by atoms with Crippen molar-refractivity contribution in [2.45, 2.75) is 33.9 Å². The molecule has 3 heterocycles. The van der Waals surface area contributed by atoms with E-state index in [1.807, 2.05) is 18.4 Å². The number of carbonyl (C=O) groups is 1. The van der Waals surface area contributed by atoms with Crippen LogP contribution < -0.4 is 16.1 Å². The Labute approximate surface area is 173 Å². The van der Waals surface area contributed by atoms with Crippen molar-refractivity contribution >= 4 is 28.8 Å². The number of rotatable bonds is 3. The number of ether oxygens (including phenoxy) is 1. The van der Waals surface area contributed by atoms with Gasteiger partial charge >= 0.3 is 11.7 Å². The molecule has 0 saturated heterocycles. The largest absolute Gasteiger partial charge is 0.468 e. The number of aryl methyl sites for hydroxylation is 3. The van der Waals surface area contributed by atoms with Crippen molar-refractivity contribution in [2.24, 2.45) is 13.0 Å². The number of hydrogen-bond acceptors (Lipinski definition) is 6. The van der Waals surface area contributed by atoms with Gasteiger partial charge in [0.15, 0.2) is 11.2 Å². The fraction of sp³-hybridized carbons (Fsp3) is 0.429. The van der Waals surface area contributed by atoms with E-state index >= 15 is 0 Å². The molecule has 0 fully saturated rings. The van der Waals surface area contributed by atoms with E-state index in [0.29, 0.717) is 23.7 Å². The van der Waals surface area contributed by atoms with E-state index in [9.17, 15) is 14.4 Å². The number of esters is 1. The van der Waals surface area contributed by atoms with Gasteiger partial charge in [-0.3, -0.25) is 14.2 Å². The van der Waals surface area contributed by atoms with Crippen LogP contribution >= 0.6 is 0 Å². The molecule has 1 aromatic carbocycles. The number of benzene rings is 1. The molecule has 0 radical (unpaired) electrons. The maximum Gasteiger partial charge on any atom is 0.333 e. The quantitative estimate of drug-likeness (QED) is 0.606. The molecule has 30 heavy (non-hydrogen) atoms. The summed E-state index contributed by atoms with van der Waals surface area (Å²) in [4.78, 5) is 44.5. The van der Waals surface area contributed by atoms with E-state index in [1.165, 1.54) is 11.7 Å². The summed E-state index contributed by atoms with van der Waals surface area (Å²) in [6.07, 6.45) is 0. The minimum atomic E-state index is -0.655. The second-order valence-corrected chi connectivity index (χ2v) is 8.07. The number of carbonyl (C=O) groups excluding carboxylic acids is 1. The number of fused-ring (bicyclic) bond motifs is 3. The lowest BCUT2D eigenvalue weighted by molar-refractivity contribution is -0.141. The number of methoxy groups -OCH3 is 1. The van der Waals surface area contributed by atoms with Crippen LogP contribution in [0, 0.1) is 19.8 Å². The maximum atomic E-state index is 13.2. The Morgan fingerprint density at radius 2 is 1.83 bits per heavy atom. The molecular formula is C21H25N5O4. The number of aromatic nitrogens is 4. The molecule has 1 atom stereocenters. The molecule has 0 aliphatic carbocycles. The molecule has 3 aromatic rings. The van der Waals surface area contributed by atoms with Crippen molar-refractivity contribution in [3.05, 3.63) is 50.2 Å². The molecule has 1 aliphatic heterocycles. The summed E-state index contributed by atoms with van der Waals surface area (Å²) in [5.74, 6) is 0.217. The fourth-order valence-corrected chi connectivity index (χ4v) is 4.16. The summed E-state index contributed by atoms with van der Waals surface area (Å²) in [6.45, 7) is 7.10. The third kappa shape index (κ3) is 3.10. The molecule has 2 aromatic heterocycles. The standard InChI is InChI=1S/C21H25N5O4/c1-12-6-13(2)8-15(7-12)24-9-14(3)10-25-17-18(22-20(24)25)23(4)21(29)26(19(17)28)11-16(27)30-5/h6-8,14H,9-11H2,1-5H3/t14-/m1/s1. The van der Waals surface area contributed by atoms with E-state index in [2.05, 4.69) is 39.7 Å². The minimum Gasteiger partial charge on any atom is -0.468 e. The third-order valence-electron chi connectivity index (χ3n) is 5.48. The SMILES string of the molecule is COC(=O)Cn1c(=O)c2c(nc3n2C[C@H](C)CN3c2cc(C)cc(C)c2)n(C)c1=O. The maximum absolute atomic E-state index is 13.2. The first-order valence-electron chi connectivity index (χ1n) is 9.84. The van der Waals surface area contributed by atoms with Crippen molar-refractivity contribution < 1.29 is 9.53 Å². The van der Waals surface area contributed by atoms with Crippen molar-refractivity contribution in [1.82, 2.24) is 18.7 Å². The molecule has 158 valence electrons. The predicted molar refractivity (Wildman–Crippen MR) is 113 cm³/mol. The lowest BCUT2D eigenvalue weighted by atomic mass is 10.1. The third-order valence-corrected chi connectivity index (χ3v) is 5.48. The number of anilines is 2. The van der Waals surface area contributed by atoms with Crippen molar-refractivity contribution in [3.63, 3.8) is 0 Å². The summed E-state index contributed by atoms with van der Waals surface area (Å²) in [5.41, 5.74) is 2.76. The number of nitrogens with zero attached hydrogens (tertiary/aromatic N) is 5. The van der Waals surface area contributed by atoms with Crippen molar-refractivity contribution in [2.75, 3.05) is 18.6 Å². The highest BCUT2D eigenvalue weighted by Gasteiger charge is 2.30. The average Bonchev–Trinajstić information content (AvgIpc) is 3.07. The molecule has 0 amide bonds. The summed E-state index contributed by atoms with van der Waals surface area (Å²) in [7, 11) is 2.78. The molecule has 0 N–H and O–H groups in total. The van der Waals surface area contributed by atoms with E-state index in [1.54, 1.807) is 7.05 Å². The van der Waals surface area contributed by atoms with Crippen LogP contribution in [0.4, 0.5) is 11.6 Å². The summed E-state index contributed by atoms with van der Waals surface area (Å²) in [5, 5.41) is 0. The van der Waals surface area contributed by atoms with E-state index < -0.39 is 23.8 Å². The van der Waals surface area contributed by atoms with Crippen LogP contribution in [-0.4, -0.2) is 38.3 Å². The highest BCUT2D eigenvalue weighted by molar-refractivity contribution is 5.78. The van der Waals surface area contributed by atoms with Crippen LogP contribution in [0.1, 0.15) is 18.1 Å². The highest BCUT2D eigenvalue weighted by Crippen LogP contribution is 2.33. The Morgan fingerprint density at radius 3 is 2.47 bits per heavy atom. The van der Waals surface area contributed by atoms with Crippen LogP contribution in [0.2, 0.25) is 0 Å². The molecule has 0 spiro atoms. The van der Waals surface area contributed by atoms with Crippen LogP contribution in [0.25, 0.3) is 11.2 Å². The monoisotopic (exact) mass is 411 g/mol. The zero-order chi connectivity index (χ0) is 21.7. The molecule has 4 rings (SSSR count). The van der Waals surface area contributed by atoms with E-state index in [4.69, 9.17) is 0 Å². The van der Waals surface area contributed by atoms with Crippen LogP contribution in [-0.2, 0) is 29.7 Å². The van der Waals surface area contributed by atoms with Gasteiger partial charge < -0.3 is 14.2 Å². The predicted octanol–water partition coefficient (Wildman–Crippen LogP) is 1.47. The molecule has 0 unspecified atom stereocenters. The van der Waals surface area contributed by atoms with E-state index in [0.717, 1.165) is 27.9 Å². The van der Waals surface area contributed by atoms with Gasteiger partial charge in [-0.2, -0.15) is 4.98 Å². The van der Waals surface area contributed by atoms with Gasteiger partial charge in [0.1, 0.15) is 6.54 Å². The van der Waals surface area contributed by atoms with E-state index in [-0.39, 0.29) is 5.92 Å². The second kappa shape index (κ2) is 7.16. The van der Waals surface area contributed by atoms with Gasteiger partial charge in [-0.15, -0.1) is 0 Å². The van der Waals surface area contributed by atoms with Gasteiger partial charge in [-0.05, 0) is 43.0 Å². The molecule has 9 nitrogen and oxygen atoms in total. The van der Waals surface area contributed by atoms with Crippen LogP contribution in [0.5, 0.6) is 0 Å². The normalized spacial score (nSPS) is 16.0. The average molecular weight is 411 g/mol. The lowest BCUT2D eigenvalue weighted by Gasteiger charge is -2.33. The Kier molecular flexibility index (Phi) is 4.76. The summed E-state index contributed by atoms with van der Waals surface area (Å²) < 4.78 is 8.73. The van der Waals surface area contributed by atoms with Gasteiger partial charge in [0, 0.05) is 25.8 Å². The topological polar surface area (TPSA) is 91.4 Å². The highest BCUT2D eigenvalue weighted by atomic mass is 16.5. The Morgan fingerprint density at radius 1 is 1.17 bits per heavy atom. The van der Waals surface area contributed by atoms with Gasteiger partial charge in [0.05, 0.1) is 7.11 Å². The summed E-state index contributed by atoms with van der Waals surface area (Å²) in [6, 6.07) is 6.28. The fourth-order valence-electron chi connectivity index (χ4n) is 4.16. The zero-order valence-corrected chi connectivity index (χ0v) is 17.8. The van der Waals surface area contributed by atoms with Crippen LogP contribution in [0.15, 0.2) is 27.8 Å². The zero-order valence-electron chi connectivity index (χ0n) is 17.8. The van der Waals surface area contributed by atoms with Gasteiger partial charge in [0.25, 0.3) is 5.56 Å². The summed E-state index contributed by atoms with van der Waals surface area (Å²) >= 11 is 0. The van der Waals surface area contributed by atoms with Crippen molar-refractivity contribution in [3.8, 4) is 0 Å². The molecule has 0 saturated carbocycles. The lowest BCUT2D eigenvalue weighted by Crippen LogP contribution is -2.42. The molecular weight excluding hydrogens is 386 g/mol. The Balaban J connectivity index is 1.99. The minimum absolute atomic E-state index is 0.251. The Hall–Kier alpha value is -3.36. The second-order valence-electron chi connectivity index (χ2n) is 8.07. The number of hydrogen-bond donors (Lipinski definition) is 0. The first kappa shape index (κ1) is 19.9. The van der Waals surface area contributed by atoms with Crippen LogP contribution in [0.3, 0.4) is 0 Å². The van der Waals surface area contributed by atoms with Crippen molar-refractivity contribution in [1.29, 1.82) is 0 Å². The first-order chi connectivity index (χ1) is 14.2. The van der Waals surface area contributed by atoms with Gasteiger partial charge in [0.2, 0.25) is 5.95 Å². The molecule has 9 heteroatoms.